The van der Waals surface area contributed by atoms with Crippen molar-refractivity contribution in [1.29, 1.82) is 0 Å². The Bertz CT molecular complexity index is 2310. The number of unbranched alkanes of at least 4 members (excludes halogenated alkanes) is 34. The maximum absolute atomic E-state index is 13.1. The van der Waals surface area contributed by atoms with E-state index in [1.165, 1.54) is 109 Å². The van der Waals surface area contributed by atoms with Crippen LogP contribution in [0.5, 0.6) is 0 Å². The molecule has 102 heavy (non-hydrogen) atoms. The molecule has 19 heteroatoms. The normalized spacial score (nSPS) is 14.4. The SMILES string of the molecule is CCCCC/C=C\C/C=C\C/C=C\C/C=C\C/C=C\CCC(=O)O[C@H](COC(=O)CCCCCCC/C=C\CCCCCCCC)COP(=O)(O)OCC(O)COP(=O)(O)OC[C@@H](COC(=O)CCCCCCC/C=C\CCCCCC)OC(=O)CCCCCCCCC/C=C\CCCCCC. The van der Waals surface area contributed by atoms with E-state index in [0.717, 1.165) is 154 Å². The van der Waals surface area contributed by atoms with Crippen LogP contribution >= 0.6 is 15.6 Å². The number of carbonyl (C=O) groups is 4. The Morgan fingerprint density at radius 1 is 0.275 bits per heavy atom. The first-order chi connectivity index (χ1) is 49.7. The Morgan fingerprint density at radius 2 is 0.500 bits per heavy atom. The highest BCUT2D eigenvalue weighted by molar-refractivity contribution is 7.47. The third kappa shape index (κ3) is 74.3. The second-order valence-electron chi connectivity index (χ2n) is 27.0. The van der Waals surface area contributed by atoms with Gasteiger partial charge < -0.3 is 33.8 Å². The second-order valence-corrected chi connectivity index (χ2v) is 29.9. The van der Waals surface area contributed by atoms with Crippen LogP contribution in [0.15, 0.2) is 97.2 Å². The van der Waals surface area contributed by atoms with E-state index in [4.69, 9.17) is 37.0 Å². The van der Waals surface area contributed by atoms with E-state index in [9.17, 15) is 43.2 Å². The third-order valence-corrected chi connectivity index (χ3v) is 18.9. The summed E-state index contributed by atoms with van der Waals surface area (Å²) in [5, 5.41) is 10.6. The first-order valence-electron chi connectivity index (χ1n) is 40.5. The van der Waals surface area contributed by atoms with Crippen LogP contribution < -0.4 is 0 Å². The van der Waals surface area contributed by atoms with Crippen molar-refractivity contribution < 1.29 is 80.2 Å². The Hall–Kier alpha value is -4.02. The van der Waals surface area contributed by atoms with Crippen molar-refractivity contribution in [3.8, 4) is 0 Å². The highest BCUT2D eigenvalue weighted by Gasteiger charge is 2.30. The predicted molar refractivity (Wildman–Crippen MR) is 418 cm³/mol. The maximum Gasteiger partial charge on any atom is 0.472 e. The van der Waals surface area contributed by atoms with Gasteiger partial charge in [-0.1, -0.05) is 279 Å². The van der Waals surface area contributed by atoms with Crippen molar-refractivity contribution in [2.45, 2.75) is 367 Å². The van der Waals surface area contributed by atoms with E-state index in [-0.39, 0.29) is 25.7 Å². The predicted octanol–water partition coefficient (Wildman–Crippen LogP) is 23.6. The first kappa shape index (κ1) is 98.0. The summed E-state index contributed by atoms with van der Waals surface area (Å²) in [5.74, 6) is -2.28. The van der Waals surface area contributed by atoms with E-state index in [0.29, 0.717) is 32.1 Å². The molecule has 0 aromatic heterocycles. The molecule has 0 aromatic carbocycles. The van der Waals surface area contributed by atoms with Crippen molar-refractivity contribution in [1.82, 2.24) is 0 Å². The van der Waals surface area contributed by atoms with Gasteiger partial charge in [0.1, 0.15) is 19.3 Å². The van der Waals surface area contributed by atoms with Crippen molar-refractivity contribution in [2.75, 3.05) is 39.6 Å². The van der Waals surface area contributed by atoms with Crippen LogP contribution in [-0.2, 0) is 65.4 Å². The van der Waals surface area contributed by atoms with Gasteiger partial charge in [0, 0.05) is 25.7 Å². The summed E-state index contributed by atoms with van der Waals surface area (Å²) >= 11 is 0. The second kappa shape index (κ2) is 75.2. The van der Waals surface area contributed by atoms with Crippen LogP contribution in [-0.4, -0.2) is 96.7 Å². The Kier molecular flexibility index (Phi) is 72.3. The minimum absolute atomic E-state index is 0.0295. The summed E-state index contributed by atoms with van der Waals surface area (Å²) < 4.78 is 68.5. The number of esters is 4. The molecule has 0 aromatic rings. The standard InChI is InChI=1S/C83H146O17P2/c1-5-9-13-17-21-25-29-33-36-37-38-39-42-46-50-54-58-62-66-70-83(88)100-79(74-94-81(86)68-64-60-56-52-48-44-40-34-30-26-22-18-14-10-6-2)76-98-102(91,92)96-72-77(84)71-95-101(89,90)97-75-78(73-93-80(85)67-63-59-55-51-47-43-32-28-24-20-16-12-8-4)99-82(87)69-65-61-57-53-49-45-41-35-31-27-23-19-15-11-7-3/h21,25,27-28,31-34,36,38-40,46,50,58,62,77-79,84H,5-20,22-24,26,29-30,35,37,41-45,47-49,51-57,59-61,63-76H2,1-4H3,(H,89,90)(H,91,92)/b25-21-,31-27-,32-28-,36-33-,39-38-,40-34-,50-46-,62-58-/t77?,78-,79-/m1/s1. The van der Waals surface area contributed by atoms with Gasteiger partial charge in [-0.3, -0.25) is 37.3 Å². The van der Waals surface area contributed by atoms with E-state index in [1.54, 1.807) is 0 Å². The lowest BCUT2D eigenvalue weighted by Crippen LogP contribution is -2.30. The number of rotatable bonds is 76. The number of ether oxygens (including phenoxy) is 4. The average molecular weight is 1480 g/mol. The number of phosphoric ester groups is 2. The highest BCUT2D eigenvalue weighted by Crippen LogP contribution is 2.45. The Labute approximate surface area is 620 Å². The molecule has 0 aliphatic carbocycles. The molecule has 0 fully saturated rings. The highest BCUT2D eigenvalue weighted by atomic mass is 31.2. The zero-order chi connectivity index (χ0) is 74.6. The minimum Gasteiger partial charge on any atom is -0.462 e. The van der Waals surface area contributed by atoms with E-state index < -0.39 is 97.5 Å². The number of hydrogen-bond donors (Lipinski definition) is 3. The Morgan fingerprint density at radius 3 is 0.833 bits per heavy atom. The minimum atomic E-state index is -5.00. The fraction of sp³-hybridized carbons (Fsp3) is 0.759. The number of carbonyl (C=O) groups excluding carboxylic acids is 4. The first-order valence-corrected chi connectivity index (χ1v) is 43.5. The molecule has 0 aliphatic rings. The zero-order valence-electron chi connectivity index (χ0n) is 64.5. The van der Waals surface area contributed by atoms with Gasteiger partial charge >= 0.3 is 39.5 Å². The van der Waals surface area contributed by atoms with Crippen LogP contribution in [0, 0.1) is 0 Å². The fourth-order valence-electron chi connectivity index (χ4n) is 10.8. The molecule has 5 atom stereocenters. The van der Waals surface area contributed by atoms with Gasteiger partial charge in [0.2, 0.25) is 0 Å². The number of aliphatic hydroxyl groups excluding tert-OH is 1. The quantitative estimate of drug-likeness (QED) is 0.0169. The molecule has 17 nitrogen and oxygen atoms in total. The van der Waals surface area contributed by atoms with Gasteiger partial charge in [0.15, 0.2) is 12.2 Å². The number of hydrogen-bond acceptors (Lipinski definition) is 15. The summed E-state index contributed by atoms with van der Waals surface area (Å²) in [6.45, 7) is 4.75. The molecule has 0 rings (SSSR count). The van der Waals surface area contributed by atoms with Gasteiger partial charge in [-0.25, -0.2) is 9.13 Å². The third-order valence-electron chi connectivity index (χ3n) is 17.0. The lowest BCUT2D eigenvalue weighted by molar-refractivity contribution is -0.161. The lowest BCUT2D eigenvalue weighted by atomic mass is 10.1. The molecule has 0 saturated heterocycles. The monoisotopic (exact) mass is 1480 g/mol. The number of aliphatic hydroxyl groups is 1. The molecule has 0 aliphatic heterocycles. The molecule has 0 heterocycles. The molecule has 3 N–H and O–H groups in total. The van der Waals surface area contributed by atoms with Crippen molar-refractivity contribution in [2.24, 2.45) is 0 Å². The topological polar surface area (TPSA) is 237 Å². The van der Waals surface area contributed by atoms with Gasteiger partial charge in [-0.2, -0.15) is 0 Å². The molecule has 0 radical (unpaired) electrons. The van der Waals surface area contributed by atoms with E-state index in [2.05, 4.69) is 107 Å². The maximum atomic E-state index is 13.1. The van der Waals surface area contributed by atoms with Crippen molar-refractivity contribution in [3.63, 3.8) is 0 Å². The van der Waals surface area contributed by atoms with Gasteiger partial charge in [0.25, 0.3) is 0 Å². The summed E-state index contributed by atoms with van der Waals surface area (Å²) in [4.78, 5) is 73.0. The number of allylic oxidation sites excluding steroid dienone is 16. The van der Waals surface area contributed by atoms with Crippen molar-refractivity contribution >= 4 is 39.5 Å². The average Bonchev–Trinajstić information content (AvgIpc) is 1.21. The largest absolute Gasteiger partial charge is 0.472 e. The summed E-state index contributed by atoms with van der Waals surface area (Å²) in [5.41, 5.74) is 0. The number of phosphoric acid groups is 2. The van der Waals surface area contributed by atoms with Crippen LogP contribution in [0.4, 0.5) is 0 Å². The molecule has 590 valence electrons. The fourth-order valence-corrected chi connectivity index (χ4v) is 12.4. The molecular weight excluding hydrogens is 1330 g/mol. The zero-order valence-corrected chi connectivity index (χ0v) is 66.3. The van der Waals surface area contributed by atoms with E-state index >= 15 is 0 Å². The van der Waals surface area contributed by atoms with Crippen LogP contribution in [0.1, 0.15) is 349 Å². The van der Waals surface area contributed by atoms with Crippen LogP contribution in [0.2, 0.25) is 0 Å². The van der Waals surface area contributed by atoms with Crippen molar-refractivity contribution in [3.05, 3.63) is 97.2 Å². The van der Waals surface area contributed by atoms with Crippen LogP contribution in [0.3, 0.4) is 0 Å². The molecule has 0 spiro atoms. The van der Waals surface area contributed by atoms with E-state index in [1.807, 2.05) is 18.2 Å². The van der Waals surface area contributed by atoms with Gasteiger partial charge in [-0.15, -0.1) is 0 Å². The Balaban J connectivity index is 5.43. The molecule has 0 saturated carbocycles. The van der Waals surface area contributed by atoms with Gasteiger partial charge in [0.05, 0.1) is 26.4 Å². The summed E-state index contributed by atoms with van der Waals surface area (Å²) in [6, 6.07) is 0. The molecule has 0 amide bonds. The summed E-state index contributed by atoms with van der Waals surface area (Å²) in [7, 11) is -9.98. The lowest BCUT2D eigenvalue weighted by Gasteiger charge is -2.21. The van der Waals surface area contributed by atoms with Gasteiger partial charge in [-0.05, 0) is 141 Å². The molecular formula is C83H146O17P2. The molecule has 0 bridgehead atoms. The van der Waals surface area contributed by atoms with Crippen LogP contribution in [0.25, 0.3) is 0 Å². The molecule has 3 unspecified atom stereocenters. The summed E-state index contributed by atoms with van der Waals surface area (Å²) in [6.07, 6.45) is 79.7. The smallest absolute Gasteiger partial charge is 0.462 e.